The van der Waals surface area contributed by atoms with Crippen LogP contribution in [0.25, 0.3) is 0 Å². The van der Waals surface area contributed by atoms with E-state index in [2.05, 4.69) is 21.4 Å². The SMILES string of the molecule is O=S1(=O)N=C(SS)Nc2ccccc21. The quantitative estimate of drug-likeness (QED) is 0.541. The van der Waals surface area contributed by atoms with Gasteiger partial charge in [0.15, 0.2) is 5.17 Å². The molecule has 0 aliphatic carbocycles. The summed E-state index contributed by atoms with van der Waals surface area (Å²) in [6.07, 6.45) is 0. The Morgan fingerprint density at radius 1 is 1.36 bits per heavy atom. The van der Waals surface area contributed by atoms with Gasteiger partial charge in [-0.15, -0.1) is 16.1 Å². The van der Waals surface area contributed by atoms with E-state index in [0.717, 1.165) is 10.8 Å². The monoisotopic (exact) mass is 246 g/mol. The van der Waals surface area contributed by atoms with Crippen LogP contribution in [0.1, 0.15) is 0 Å². The number of hydrogen-bond donors (Lipinski definition) is 2. The molecule has 1 N–H and O–H groups in total. The lowest BCUT2D eigenvalue weighted by atomic mass is 10.3. The molecule has 7 heteroatoms. The van der Waals surface area contributed by atoms with E-state index in [-0.39, 0.29) is 10.1 Å². The highest BCUT2D eigenvalue weighted by atomic mass is 33.1. The van der Waals surface area contributed by atoms with Crippen LogP contribution in [0.2, 0.25) is 0 Å². The van der Waals surface area contributed by atoms with Crippen molar-refractivity contribution in [2.75, 3.05) is 5.32 Å². The van der Waals surface area contributed by atoms with Gasteiger partial charge in [-0.05, 0) is 22.9 Å². The van der Waals surface area contributed by atoms with Crippen molar-refractivity contribution < 1.29 is 8.42 Å². The normalized spacial score (nSPS) is 17.9. The van der Waals surface area contributed by atoms with Crippen molar-refractivity contribution in [2.24, 2.45) is 4.40 Å². The maximum absolute atomic E-state index is 11.6. The van der Waals surface area contributed by atoms with Crippen molar-refractivity contribution in [3.63, 3.8) is 0 Å². The summed E-state index contributed by atoms with van der Waals surface area (Å²) in [6.45, 7) is 0. The standard InChI is InChI=1S/C7H6N2O2S3/c10-14(11)6-4-2-1-3-5(6)8-7(9-14)13-12/h1-4,12H,(H,8,9). The molecule has 14 heavy (non-hydrogen) atoms. The maximum atomic E-state index is 11.6. The van der Waals surface area contributed by atoms with E-state index >= 15 is 0 Å². The fourth-order valence-electron chi connectivity index (χ4n) is 1.13. The van der Waals surface area contributed by atoms with E-state index in [1.807, 2.05) is 0 Å². The van der Waals surface area contributed by atoms with Crippen LogP contribution in [-0.2, 0) is 10.0 Å². The third-order valence-electron chi connectivity index (χ3n) is 1.70. The number of nitrogens with one attached hydrogen (secondary N) is 1. The first-order valence-corrected chi connectivity index (χ1v) is 6.97. The number of nitrogens with zero attached hydrogens (tertiary/aromatic N) is 1. The number of amidine groups is 1. The number of rotatable bonds is 0. The summed E-state index contributed by atoms with van der Waals surface area (Å²) in [5, 5.41) is 3.13. The first kappa shape index (κ1) is 9.88. The molecular formula is C7H6N2O2S3. The minimum atomic E-state index is -3.55. The second-order valence-corrected chi connectivity index (χ2v) is 5.27. The van der Waals surface area contributed by atoms with Gasteiger partial charge in [-0.25, -0.2) is 0 Å². The molecule has 0 amide bonds. The number of sulfonamides is 1. The van der Waals surface area contributed by atoms with Crippen LogP contribution in [0.5, 0.6) is 0 Å². The van der Waals surface area contributed by atoms with Gasteiger partial charge in [0.1, 0.15) is 4.90 Å². The number of para-hydroxylation sites is 1. The van der Waals surface area contributed by atoms with Crippen LogP contribution in [0.4, 0.5) is 5.69 Å². The molecular weight excluding hydrogens is 240 g/mol. The molecule has 0 spiro atoms. The molecule has 0 bridgehead atoms. The average molecular weight is 246 g/mol. The predicted octanol–water partition coefficient (Wildman–Crippen LogP) is 1.73. The van der Waals surface area contributed by atoms with Gasteiger partial charge in [-0.3, -0.25) is 0 Å². The number of benzene rings is 1. The topological polar surface area (TPSA) is 58.5 Å². The second kappa shape index (κ2) is 3.48. The highest BCUT2D eigenvalue weighted by Gasteiger charge is 2.23. The summed E-state index contributed by atoms with van der Waals surface area (Å²) in [6, 6.07) is 6.62. The van der Waals surface area contributed by atoms with E-state index in [0.29, 0.717) is 5.69 Å². The highest BCUT2D eigenvalue weighted by Crippen LogP contribution is 2.29. The van der Waals surface area contributed by atoms with Crippen LogP contribution in [0.15, 0.2) is 33.6 Å². The van der Waals surface area contributed by atoms with Crippen LogP contribution >= 0.6 is 22.5 Å². The number of anilines is 1. The Bertz CT molecular complexity index is 495. The molecule has 0 fully saturated rings. The van der Waals surface area contributed by atoms with Crippen molar-refractivity contribution in [3.8, 4) is 0 Å². The second-order valence-electron chi connectivity index (χ2n) is 2.58. The lowest BCUT2D eigenvalue weighted by molar-refractivity contribution is 0.598. The molecule has 74 valence electrons. The molecule has 4 nitrogen and oxygen atoms in total. The van der Waals surface area contributed by atoms with Gasteiger partial charge in [-0.2, -0.15) is 8.42 Å². The Labute approximate surface area is 90.7 Å². The minimum Gasteiger partial charge on any atom is -0.332 e. The van der Waals surface area contributed by atoms with Gasteiger partial charge < -0.3 is 5.32 Å². The summed E-state index contributed by atoms with van der Waals surface area (Å²) in [4.78, 5) is 0.200. The van der Waals surface area contributed by atoms with E-state index in [4.69, 9.17) is 0 Å². The molecule has 0 radical (unpaired) electrons. The zero-order chi connectivity index (χ0) is 10.2. The molecule has 0 unspecified atom stereocenters. The van der Waals surface area contributed by atoms with E-state index < -0.39 is 10.0 Å². The number of fused-ring (bicyclic) bond motifs is 1. The van der Waals surface area contributed by atoms with Gasteiger partial charge in [0, 0.05) is 0 Å². The van der Waals surface area contributed by atoms with Gasteiger partial charge in [0.25, 0.3) is 10.0 Å². The third kappa shape index (κ3) is 1.62. The largest absolute Gasteiger partial charge is 0.332 e. The Kier molecular flexibility index (Phi) is 2.46. The van der Waals surface area contributed by atoms with Gasteiger partial charge in [-0.1, -0.05) is 12.1 Å². The predicted molar refractivity (Wildman–Crippen MR) is 61.3 cm³/mol. The first-order valence-electron chi connectivity index (χ1n) is 3.66. The zero-order valence-corrected chi connectivity index (χ0v) is 9.36. The minimum absolute atomic E-state index is 0.200. The molecule has 1 aliphatic heterocycles. The summed E-state index contributed by atoms with van der Waals surface area (Å²) in [5.74, 6) is 0. The van der Waals surface area contributed by atoms with E-state index in [9.17, 15) is 8.42 Å². The van der Waals surface area contributed by atoms with Gasteiger partial charge in [0.2, 0.25) is 0 Å². The third-order valence-corrected chi connectivity index (χ3v) is 4.03. The smallest absolute Gasteiger partial charge is 0.286 e. The summed E-state index contributed by atoms with van der Waals surface area (Å²) < 4.78 is 26.7. The zero-order valence-electron chi connectivity index (χ0n) is 6.84. The Hall–Kier alpha value is -0.660. The maximum Gasteiger partial charge on any atom is 0.286 e. The first-order chi connectivity index (χ1) is 6.63. The lowest BCUT2D eigenvalue weighted by Gasteiger charge is -2.15. The van der Waals surface area contributed by atoms with E-state index in [1.54, 1.807) is 18.2 Å². The van der Waals surface area contributed by atoms with Crippen molar-refractivity contribution in [3.05, 3.63) is 24.3 Å². The molecule has 0 atom stereocenters. The molecule has 0 saturated heterocycles. The van der Waals surface area contributed by atoms with E-state index in [1.165, 1.54) is 6.07 Å². The summed E-state index contributed by atoms with van der Waals surface area (Å²) in [7, 11) is -2.58. The van der Waals surface area contributed by atoms with Gasteiger partial charge >= 0.3 is 0 Å². The van der Waals surface area contributed by atoms with Crippen molar-refractivity contribution >= 4 is 43.3 Å². The molecule has 1 aliphatic rings. The van der Waals surface area contributed by atoms with Crippen LogP contribution < -0.4 is 5.32 Å². The van der Waals surface area contributed by atoms with Crippen molar-refractivity contribution in [2.45, 2.75) is 4.90 Å². The lowest BCUT2D eigenvalue weighted by Crippen LogP contribution is -2.17. The molecule has 1 aromatic carbocycles. The Morgan fingerprint density at radius 3 is 2.79 bits per heavy atom. The van der Waals surface area contributed by atoms with Gasteiger partial charge in [0.05, 0.1) is 5.69 Å². The van der Waals surface area contributed by atoms with Crippen LogP contribution in [-0.4, -0.2) is 13.6 Å². The molecule has 2 rings (SSSR count). The molecule has 1 heterocycles. The van der Waals surface area contributed by atoms with Crippen LogP contribution in [0, 0.1) is 0 Å². The fourth-order valence-corrected chi connectivity index (χ4v) is 3.16. The Balaban J connectivity index is 2.63. The van der Waals surface area contributed by atoms with Crippen LogP contribution in [0.3, 0.4) is 0 Å². The summed E-state index contributed by atoms with van der Waals surface area (Å²) in [5.41, 5.74) is 0.541. The fraction of sp³-hybridized carbons (Fsp3) is 0. The average Bonchev–Trinajstić information content (AvgIpc) is 2.17. The highest BCUT2D eigenvalue weighted by molar-refractivity contribution is 8.75. The Morgan fingerprint density at radius 2 is 2.07 bits per heavy atom. The van der Waals surface area contributed by atoms with Crippen molar-refractivity contribution in [1.82, 2.24) is 0 Å². The number of thiol groups is 1. The van der Waals surface area contributed by atoms with Crippen molar-refractivity contribution in [1.29, 1.82) is 0 Å². The summed E-state index contributed by atoms with van der Waals surface area (Å²) >= 11 is 3.89. The number of hydrogen-bond acceptors (Lipinski definition) is 5. The molecule has 0 aromatic heterocycles. The molecule has 1 aromatic rings. The molecule has 0 saturated carbocycles.